The van der Waals surface area contributed by atoms with Crippen molar-refractivity contribution in [3.63, 3.8) is 0 Å². The van der Waals surface area contributed by atoms with Crippen LogP contribution >= 0.6 is 0 Å². The molecule has 0 N–H and O–H groups in total. The molecule has 10 heteroatoms. The second kappa shape index (κ2) is 26.8. The number of nitrogens with zero attached hydrogens (tertiary/aromatic N) is 3. The molecule has 3 fully saturated rings. The van der Waals surface area contributed by atoms with Crippen molar-refractivity contribution < 1.29 is 33.3 Å². The van der Waals surface area contributed by atoms with Crippen LogP contribution in [-0.4, -0.2) is 51.2 Å². The van der Waals surface area contributed by atoms with E-state index in [1.54, 1.807) is 31.0 Å². The number of carbonyl (C=O) groups is 2. The first-order chi connectivity index (χ1) is 36.4. The van der Waals surface area contributed by atoms with Gasteiger partial charge >= 0.3 is 11.9 Å². The second-order valence-electron chi connectivity index (χ2n) is 23.1. The van der Waals surface area contributed by atoms with Gasteiger partial charge in [-0.25, -0.2) is 4.79 Å². The summed E-state index contributed by atoms with van der Waals surface area (Å²) in [6.45, 7) is 14.1. The predicted molar refractivity (Wildman–Crippen MR) is 300 cm³/mol. The molecule has 4 aromatic rings. The van der Waals surface area contributed by atoms with Crippen LogP contribution < -0.4 is 14.2 Å². The molecule has 0 amide bonds. The van der Waals surface area contributed by atoms with E-state index < -0.39 is 0 Å². The summed E-state index contributed by atoms with van der Waals surface area (Å²) in [5, 5.41) is 8.54. The summed E-state index contributed by atoms with van der Waals surface area (Å²) in [6, 6.07) is 29.9. The van der Waals surface area contributed by atoms with E-state index in [2.05, 4.69) is 55.9 Å². The number of ether oxygens (including phenoxy) is 5. The van der Waals surface area contributed by atoms with Crippen LogP contribution in [0.15, 0.2) is 124 Å². The van der Waals surface area contributed by atoms with Crippen LogP contribution in [0.3, 0.4) is 0 Å². The van der Waals surface area contributed by atoms with Crippen molar-refractivity contribution in [3.8, 4) is 17.2 Å². The van der Waals surface area contributed by atoms with Gasteiger partial charge in [0, 0.05) is 19.1 Å². The van der Waals surface area contributed by atoms with Crippen LogP contribution in [0.5, 0.6) is 17.2 Å². The number of allylic oxidation sites excluding steroid dienone is 1. The Morgan fingerprint density at radius 2 is 1.28 bits per heavy atom. The molecule has 0 aliphatic heterocycles. The Kier molecular flexibility index (Phi) is 19.8. The number of fused-ring (bicyclic) bond motifs is 5. The highest BCUT2D eigenvalue weighted by atomic mass is 16.5. The Labute approximate surface area is 448 Å². The second-order valence-corrected chi connectivity index (χ2v) is 23.1. The molecule has 0 bridgehead atoms. The predicted octanol–water partition coefficient (Wildman–Crippen LogP) is 17.2. The number of carbonyl (C=O) groups excluding carboxylic acids is 2. The van der Waals surface area contributed by atoms with E-state index in [0.717, 1.165) is 133 Å². The maximum Gasteiger partial charge on any atom is 0.338 e. The molecule has 0 spiro atoms. The summed E-state index contributed by atoms with van der Waals surface area (Å²) in [5.41, 5.74) is 6.03. The third-order valence-corrected chi connectivity index (χ3v) is 17.7. The lowest BCUT2D eigenvalue weighted by atomic mass is 9.47. The maximum atomic E-state index is 13.0. The molecular formula is C65H85N3O7. The van der Waals surface area contributed by atoms with Gasteiger partial charge in [-0.05, 0) is 232 Å². The molecule has 0 unspecified atom stereocenters. The lowest BCUT2D eigenvalue weighted by Crippen LogP contribution is -2.51. The Balaban J connectivity index is 0.653. The lowest BCUT2D eigenvalue weighted by molar-refractivity contribution is -0.151. The average Bonchev–Trinajstić information content (AvgIpc) is 3.81. The molecule has 3 saturated carbocycles. The Bertz CT molecular complexity index is 2520. The topological polar surface area (TPSA) is 117 Å². The number of methoxy groups -OCH3 is 1. The average molecular weight is 1020 g/mol. The van der Waals surface area contributed by atoms with Crippen LogP contribution in [0, 0.1) is 46.3 Å². The summed E-state index contributed by atoms with van der Waals surface area (Å²) in [6.07, 6.45) is 24.1. The number of rotatable bonds is 26. The van der Waals surface area contributed by atoms with Gasteiger partial charge in [0.2, 0.25) is 0 Å². The molecule has 402 valence electrons. The lowest BCUT2D eigenvalue weighted by Gasteiger charge is -2.58. The van der Waals surface area contributed by atoms with Gasteiger partial charge in [-0.15, -0.1) is 0 Å². The molecule has 0 aromatic heterocycles. The van der Waals surface area contributed by atoms with Crippen LogP contribution in [0.1, 0.15) is 166 Å². The molecule has 10 nitrogen and oxygen atoms in total. The van der Waals surface area contributed by atoms with Crippen LogP contribution in [-0.2, 0) is 14.3 Å². The molecule has 8 rings (SSSR count). The van der Waals surface area contributed by atoms with E-state index in [9.17, 15) is 9.59 Å². The fraction of sp³-hybridized carbons (Fsp3) is 0.554. The summed E-state index contributed by atoms with van der Waals surface area (Å²) < 4.78 is 28.7. The van der Waals surface area contributed by atoms with Gasteiger partial charge in [-0.3, -0.25) is 9.79 Å². The van der Waals surface area contributed by atoms with Gasteiger partial charge in [0.1, 0.15) is 23.4 Å². The molecular weight excluding hydrogens is 935 g/mol. The normalized spacial score (nSPS) is 24.5. The fourth-order valence-corrected chi connectivity index (χ4v) is 13.4. The molecule has 4 aliphatic rings. The Morgan fingerprint density at radius 3 is 1.95 bits per heavy atom. The smallest absolute Gasteiger partial charge is 0.338 e. The number of benzene rings is 4. The zero-order chi connectivity index (χ0) is 52.6. The first-order valence-corrected chi connectivity index (χ1v) is 28.6. The Hall–Kier alpha value is -5.77. The van der Waals surface area contributed by atoms with Crippen molar-refractivity contribution in [3.05, 3.63) is 120 Å². The highest BCUT2D eigenvalue weighted by Gasteiger charge is 2.59. The summed E-state index contributed by atoms with van der Waals surface area (Å²) >= 11 is 0. The largest absolute Gasteiger partial charge is 0.497 e. The third kappa shape index (κ3) is 15.0. The van der Waals surface area contributed by atoms with Crippen LogP contribution in [0.2, 0.25) is 0 Å². The zero-order valence-electron chi connectivity index (χ0n) is 46.0. The molecule has 8 atom stereocenters. The summed E-state index contributed by atoms with van der Waals surface area (Å²) in [7, 11) is 1.63. The van der Waals surface area contributed by atoms with E-state index in [1.807, 2.05) is 84.9 Å². The highest BCUT2D eigenvalue weighted by Crippen LogP contribution is 2.67. The molecule has 0 saturated heterocycles. The number of unbranched alkanes of at least 4 members (excludes halogenated alkanes) is 4. The van der Waals surface area contributed by atoms with Crippen molar-refractivity contribution in [2.24, 2.45) is 61.6 Å². The number of hydrogen-bond acceptors (Lipinski definition) is 10. The minimum Gasteiger partial charge on any atom is -0.497 e. The maximum absolute atomic E-state index is 13.0. The van der Waals surface area contributed by atoms with Crippen molar-refractivity contribution in [1.82, 2.24) is 0 Å². The number of aliphatic imine (C=N–C) groups is 1. The van der Waals surface area contributed by atoms with Gasteiger partial charge in [0.25, 0.3) is 0 Å². The minimum absolute atomic E-state index is 0.0208. The summed E-state index contributed by atoms with van der Waals surface area (Å²) in [5.74, 6) is 6.97. The third-order valence-electron chi connectivity index (χ3n) is 17.7. The molecule has 75 heavy (non-hydrogen) atoms. The molecule has 4 aliphatic carbocycles. The molecule has 0 heterocycles. The fourth-order valence-electron chi connectivity index (χ4n) is 13.4. The van der Waals surface area contributed by atoms with Gasteiger partial charge in [-0.2, -0.15) is 10.2 Å². The quantitative estimate of drug-likeness (QED) is 0.0202. The molecule has 4 aromatic carbocycles. The SMILES string of the molecule is COc1ccc(N=Nc2ccc(OCCCCCOC(=O)c3ccc(N=Cc4ccc(OCCCCCC(=O)O[C@H]5CC[C@@]6(C)C(=CC[C@H]7[C@@H]8CC[C@H]([C@H](C)CCCC(C)C)[C@@]8(C)CC[C@@H]76)C5)cc4)cc3)cc2)cc1. The highest BCUT2D eigenvalue weighted by molar-refractivity contribution is 5.90. The van der Waals surface area contributed by atoms with Crippen molar-refractivity contribution in [2.75, 3.05) is 26.9 Å². The van der Waals surface area contributed by atoms with Crippen LogP contribution in [0.4, 0.5) is 17.1 Å². The van der Waals surface area contributed by atoms with E-state index in [1.165, 1.54) is 51.4 Å². The van der Waals surface area contributed by atoms with Gasteiger partial charge in [-0.1, -0.05) is 65.5 Å². The van der Waals surface area contributed by atoms with E-state index in [-0.39, 0.29) is 23.5 Å². The van der Waals surface area contributed by atoms with E-state index in [0.29, 0.717) is 37.2 Å². The van der Waals surface area contributed by atoms with Gasteiger partial charge < -0.3 is 23.7 Å². The number of hydrogen-bond donors (Lipinski definition) is 0. The minimum atomic E-state index is -0.346. The van der Waals surface area contributed by atoms with Gasteiger partial charge in [0.15, 0.2) is 0 Å². The monoisotopic (exact) mass is 1020 g/mol. The zero-order valence-corrected chi connectivity index (χ0v) is 46.0. The van der Waals surface area contributed by atoms with Crippen molar-refractivity contribution in [2.45, 2.75) is 156 Å². The standard InChI is InChI=1S/C65H85N3O7/c1-46(2)14-13-15-47(3)59-35-36-60-58-34-21-50-44-57(37-39-64(50,4)61(58)38-40-65(59,60)5)75-62(69)16-9-7-10-41-72-55-28-17-48(18-29-55)45-66-51-22-19-49(20-23-51)63(70)74-43-12-8-11-42-73-56-32-26-53(27-33-56)68-67-52-24-30-54(71-6)31-25-52/h17-33,45-47,57-61H,7-16,34-44H2,1-6H3/t47-,57+,58+,59-,60+,61+,64+,65-/m1/s1. The first kappa shape index (κ1) is 55.5. The van der Waals surface area contributed by atoms with Gasteiger partial charge in [0.05, 0.1) is 49.6 Å². The first-order valence-electron chi connectivity index (χ1n) is 28.6. The summed E-state index contributed by atoms with van der Waals surface area (Å²) in [4.78, 5) is 30.3. The van der Waals surface area contributed by atoms with Crippen molar-refractivity contribution in [1.29, 1.82) is 0 Å². The van der Waals surface area contributed by atoms with E-state index >= 15 is 0 Å². The Morgan fingerprint density at radius 1 is 0.653 bits per heavy atom. The molecule has 0 radical (unpaired) electrons. The van der Waals surface area contributed by atoms with E-state index in [4.69, 9.17) is 23.7 Å². The number of azo groups is 1. The van der Waals surface area contributed by atoms with Crippen molar-refractivity contribution >= 4 is 35.2 Å². The van der Waals surface area contributed by atoms with Crippen LogP contribution in [0.25, 0.3) is 0 Å². The number of esters is 2.